The number of ether oxygens (including phenoxy) is 1. The van der Waals surface area contributed by atoms with Crippen molar-refractivity contribution in [3.8, 4) is 11.5 Å². The molecule has 2 aromatic carbocycles. The molecule has 0 saturated carbocycles. The topological polar surface area (TPSA) is 65.3 Å². The molecular formula is C15H9ClN2O3. The van der Waals surface area contributed by atoms with E-state index in [0.717, 1.165) is 6.20 Å². The molecule has 0 N–H and O–H groups in total. The van der Waals surface area contributed by atoms with Crippen molar-refractivity contribution in [3.05, 3.63) is 69.9 Å². The number of benzene rings is 2. The SMILES string of the molecule is O=[N+]([O-])c1cnc2ccc(Oc3ccccc3)cc2c1Cl. The Bertz CT molecular complexity index is 822. The first kappa shape index (κ1) is 13.3. The molecule has 0 fully saturated rings. The Labute approximate surface area is 124 Å². The molecule has 5 nitrogen and oxygen atoms in total. The summed E-state index contributed by atoms with van der Waals surface area (Å²) in [6.45, 7) is 0. The summed E-state index contributed by atoms with van der Waals surface area (Å²) in [7, 11) is 0. The largest absolute Gasteiger partial charge is 0.457 e. The molecule has 3 rings (SSSR count). The molecule has 0 saturated heterocycles. The standard InChI is InChI=1S/C15H9ClN2O3/c16-15-12-8-11(21-10-4-2-1-3-5-10)6-7-13(12)17-9-14(15)18(19)20/h1-9H. The second kappa shape index (κ2) is 5.38. The summed E-state index contributed by atoms with van der Waals surface area (Å²) in [5.41, 5.74) is 0.354. The number of fused-ring (bicyclic) bond motifs is 1. The van der Waals surface area contributed by atoms with Crippen molar-refractivity contribution >= 4 is 28.2 Å². The molecule has 0 aliphatic carbocycles. The first-order valence-electron chi connectivity index (χ1n) is 6.11. The van der Waals surface area contributed by atoms with Crippen LogP contribution in [0.2, 0.25) is 5.02 Å². The molecule has 1 heterocycles. The summed E-state index contributed by atoms with van der Waals surface area (Å²) in [6, 6.07) is 14.3. The van der Waals surface area contributed by atoms with Gasteiger partial charge in [-0.2, -0.15) is 0 Å². The summed E-state index contributed by atoms with van der Waals surface area (Å²) < 4.78 is 5.69. The molecule has 0 radical (unpaired) electrons. The highest BCUT2D eigenvalue weighted by Gasteiger charge is 2.16. The maximum Gasteiger partial charge on any atom is 0.306 e. The number of nitrogens with zero attached hydrogens (tertiary/aromatic N) is 2. The third-order valence-corrected chi connectivity index (χ3v) is 3.33. The molecule has 0 amide bonds. The maximum absolute atomic E-state index is 10.9. The van der Waals surface area contributed by atoms with E-state index in [1.54, 1.807) is 18.2 Å². The van der Waals surface area contributed by atoms with Gasteiger partial charge in [0.25, 0.3) is 0 Å². The number of pyridine rings is 1. The van der Waals surface area contributed by atoms with E-state index in [-0.39, 0.29) is 10.7 Å². The van der Waals surface area contributed by atoms with E-state index in [2.05, 4.69) is 4.98 Å². The van der Waals surface area contributed by atoms with Crippen LogP contribution in [0.4, 0.5) is 5.69 Å². The Hall–Kier alpha value is -2.66. The highest BCUT2D eigenvalue weighted by Crippen LogP contribution is 2.34. The lowest BCUT2D eigenvalue weighted by molar-refractivity contribution is -0.384. The fraction of sp³-hybridized carbons (Fsp3) is 0. The summed E-state index contributed by atoms with van der Waals surface area (Å²) in [5.74, 6) is 1.21. The van der Waals surface area contributed by atoms with E-state index in [0.29, 0.717) is 22.4 Å². The predicted octanol–water partition coefficient (Wildman–Crippen LogP) is 4.59. The number of para-hydroxylation sites is 1. The van der Waals surface area contributed by atoms with Gasteiger partial charge in [-0.15, -0.1) is 0 Å². The van der Waals surface area contributed by atoms with E-state index >= 15 is 0 Å². The van der Waals surface area contributed by atoms with Gasteiger partial charge in [-0.25, -0.2) is 4.98 Å². The van der Waals surface area contributed by atoms with Crippen molar-refractivity contribution in [1.82, 2.24) is 4.98 Å². The summed E-state index contributed by atoms with van der Waals surface area (Å²) >= 11 is 6.07. The summed E-state index contributed by atoms with van der Waals surface area (Å²) in [5, 5.41) is 11.4. The van der Waals surface area contributed by atoms with Gasteiger partial charge in [0.15, 0.2) is 0 Å². The molecule has 21 heavy (non-hydrogen) atoms. The van der Waals surface area contributed by atoms with Crippen molar-refractivity contribution in [2.45, 2.75) is 0 Å². The van der Waals surface area contributed by atoms with Gasteiger partial charge in [-0.3, -0.25) is 10.1 Å². The Morgan fingerprint density at radius 3 is 2.57 bits per heavy atom. The fourth-order valence-corrected chi connectivity index (χ4v) is 2.21. The molecule has 3 aromatic rings. The van der Waals surface area contributed by atoms with Crippen LogP contribution in [-0.4, -0.2) is 9.91 Å². The van der Waals surface area contributed by atoms with Crippen molar-refractivity contribution in [2.24, 2.45) is 0 Å². The lowest BCUT2D eigenvalue weighted by Gasteiger charge is -2.07. The Morgan fingerprint density at radius 1 is 1.10 bits per heavy atom. The minimum absolute atomic E-state index is 0.0588. The van der Waals surface area contributed by atoms with Gasteiger partial charge in [0.2, 0.25) is 0 Å². The number of halogens is 1. The molecule has 0 aliphatic rings. The zero-order valence-corrected chi connectivity index (χ0v) is 11.4. The van der Waals surface area contributed by atoms with Crippen molar-refractivity contribution < 1.29 is 9.66 Å². The number of rotatable bonds is 3. The van der Waals surface area contributed by atoms with Gasteiger partial charge in [0, 0.05) is 5.39 Å². The van der Waals surface area contributed by atoms with E-state index in [9.17, 15) is 10.1 Å². The minimum atomic E-state index is -0.556. The molecule has 0 atom stereocenters. The van der Waals surface area contributed by atoms with E-state index in [1.165, 1.54) is 0 Å². The lowest BCUT2D eigenvalue weighted by atomic mass is 10.2. The maximum atomic E-state index is 10.9. The van der Waals surface area contributed by atoms with Crippen LogP contribution >= 0.6 is 11.6 Å². The van der Waals surface area contributed by atoms with Gasteiger partial charge in [-0.1, -0.05) is 29.8 Å². The number of hydrogen-bond acceptors (Lipinski definition) is 4. The second-order valence-electron chi connectivity index (χ2n) is 4.31. The summed E-state index contributed by atoms with van der Waals surface area (Å²) in [6.07, 6.45) is 1.16. The molecular weight excluding hydrogens is 292 g/mol. The van der Waals surface area contributed by atoms with Gasteiger partial charge >= 0.3 is 5.69 Å². The molecule has 0 aliphatic heterocycles. The normalized spacial score (nSPS) is 10.5. The monoisotopic (exact) mass is 300 g/mol. The average molecular weight is 301 g/mol. The molecule has 0 unspecified atom stereocenters. The number of aromatic nitrogens is 1. The number of hydrogen-bond donors (Lipinski definition) is 0. The van der Waals surface area contributed by atoms with Crippen LogP contribution < -0.4 is 4.74 Å². The Kier molecular flexibility index (Phi) is 3.41. The quantitative estimate of drug-likeness (QED) is 0.524. The third-order valence-electron chi connectivity index (χ3n) is 2.93. The minimum Gasteiger partial charge on any atom is -0.457 e. The predicted molar refractivity (Wildman–Crippen MR) is 79.9 cm³/mol. The zero-order chi connectivity index (χ0) is 14.8. The molecule has 0 spiro atoms. The van der Waals surface area contributed by atoms with Crippen LogP contribution in [0, 0.1) is 10.1 Å². The molecule has 1 aromatic heterocycles. The highest BCUT2D eigenvalue weighted by molar-refractivity contribution is 6.37. The van der Waals surface area contributed by atoms with Crippen molar-refractivity contribution in [2.75, 3.05) is 0 Å². The van der Waals surface area contributed by atoms with Crippen LogP contribution in [0.1, 0.15) is 0 Å². The highest BCUT2D eigenvalue weighted by atomic mass is 35.5. The van der Waals surface area contributed by atoms with Gasteiger partial charge in [0.05, 0.1) is 10.4 Å². The van der Waals surface area contributed by atoms with Gasteiger partial charge in [-0.05, 0) is 30.3 Å². The van der Waals surface area contributed by atoms with Crippen LogP contribution in [0.3, 0.4) is 0 Å². The van der Waals surface area contributed by atoms with Gasteiger partial charge < -0.3 is 4.74 Å². The smallest absolute Gasteiger partial charge is 0.306 e. The fourth-order valence-electron chi connectivity index (χ4n) is 1.94. The first-order valence-corrected chi connectivity index (χ1v) is 6.48. The number of nitro groups is 1. The van der Waals surface area contributed by atoms with Gasteiger partial charge in [0.1, 0.15) is 22.7 Å². The molecule has 0 bridgehead atoms. The zero-order valence-electron chi connectivity index (χ0n) is 10.7. The van der Waals surface area contributed by atoms with E-state index < -0.39 is 4.92 Å². The Morgan fingerprint density at radius 2 is 1.86 bits per heavy atom. The van der Waals surface area contributed by atoms with Crippen LogP contribution in [0.15, 0.2) is 54.7 Å². The van der Waals surface area contributed by atoms with Crippen LogP contribution in [0.25, 0.3) is 10.9 Å². The van der Waals surface area contributed by atoms with E-state index in [4.69, 9.17) is 16.3 Å². The molecule has 104 valence electrons. The van der Waals surface area contributed by atoms with Crippen LogP contribution in [0.5, 0.6) is 11.5 Å². The van der Waals surface area contributed by atoms with Crippen LogP contribution in [-0.2, 0) is 0 Å². The van der Waals surface area contributed by atoms with Crippen molar-refractivity contribution in [3.63, 3.8) is 0 Å². The average Bonchev–Trinajstić information content (AvgIpc) is 2.49. The third kappa shape index (κ3) is 2.64. The van der Waals surface area contributed by atoms with Crippen molar-refractivity contribution in [1.29, 1.82) is 0 Å². The lowest BCUT2D eigenvalue weighted by Crippen LogP contribution is -1.92. The first-order chi connectivity index (χ1) is 10.1. The molecule has 6 heteroatoms. The Balaban J connectivity index is 2.06. The summed E-state index contributed by atoms with van der Waals surface area (Å²) in [4.78, 5) is 14.4. The second-order valence-corrected chi connectivity index (χ2v) is 4.69. The van der Waals surface area contributed by atoms with E-state index in [1.807, 2.05) is 30.3 Å².